The van der Waals surface area contributed by atoms with Crippen LogP contribution in [0.25, 0.3) is 0 Å². The van der Waals surface area contributed by atoms with E-state index in [0.717, 1.165) is 0 Å². The van der Waals surface area contributed by atoms with Crippen LogP contribution in [0.1, 0.15) is 22.8 Å². The second-order valence-electron chi connectivity index (χ2n) is 6.67. The summed E-state index contributed by atoms with van der Waals surface area (Å²) in [6.07, 6.45) is 1.32. The van der Waals surface area contributed by atoms with Gasteiger partial charge in [0.15, 0.2) is 11.5 Å². The summed E-state index contributed by atoms with van der Waals surface area (Å²) in [5, 5.41) is 6.79. The lowest BCUT2D eigenvalue weighted by molar-refractivity contribution is -0.136. The van der Waals surface area contributed by atoms with Gasteiger partial charge in [-0.2, -0.15) is 5.10 Å². The minimum atomic E-state index is -0.935. The van der Waals surface area contributed by atoms with E-state index in [1.807, 2.05) is 0 Å². The average molecular weight is 500 g/mol. The Balaban J connectivity index is 1.66. The van der Waals surface area contributed by atoms with Gasteiger partial charge in [-0.25, -0.2) is 10.2 Å². The third kappa shape index (κ3) is 6.81. The number of hydrogen-bond donors (Lipinski definition) is 2. The number of nitrogens with one attached hydrogen (secondary N) is 2. The highest BCUT2D eigenvalue weighted by atomic mass is 35.5. The number of nitrogens with zero attached hydrogens (tertiary/aromatic N) is 1. The summed E-state index contributed by atoms with van der Waals surface area (Å²) in [6, 6.07) is 17.7. The van der Waals surface area contributed by atoms with Crippen molar-refractivity contribution in [2.45, 2.75) is 6.92 Å². The van der Waals surface area contributed by atoms with Crippen LogP contribution >= 0.6 is 23.2 Å². The molecule has 0 saturated heterocycles. The smallest absolute Gasteiger partial charge is 0.345 e. The van der Waals surface area contributed by atoms with Crippen molar-refractivity contribution in [1.29, 1.82) is 0 Å². The van der Waals surface area contributed by atoms with Crippen LogP contribution < -0.4 is 20.2 Å². The molecule has 0 aliphatic carbocycles. The fourth-order valence-electron chi connectivity index (χ4n) is 2.69. The molecule has 0 aromatic heterocycles. The monoisotopic (exact) mass is 499 g/mol. The molecule has 0 aliphatic heterocycles. The predicted octanol–water partition coefficient (Wildman–Crippen LogP) is 4.70. The molecule has 174 valence electrons. The molecular weight excluding hydrogens is 481 g/mol. The lowest BCUT2D eigenvalue weighted by atomic mass is 10.2. The molecular formula is C24H19Cl2N3O5. The molecule has 3 rings (SSSR count). The number of hydrazone groups is 1. The lowest BCUT2D eigenvalue weighted by Crippen LogP contribution is -2.32. The number of para-hydroxylation sites is 1. The van der Waals surface area contributed by atoms with Gasteiger partial charge in [-0.15, -0.1) is 0 Å². The second-order valence-corrected chi connectivity index (χ2v) is 7.52. The van der Waals surface area contributed by atoms with E-state index in [9.17, 15) is 14.4 Å². The minimum Gasteiger partial charge on any atom is -0.490 e. The van der Waals surface area contributed by atoms with E-state index < -0.39 is 17.8 Å². The summed E-state index contributed by atoms with van der Waals surface area (Å²) in [7, 11) is 0. The maximum absolute atomic E-state index is 12.5. The zero-order chi connectivity index (χ0) is 24.5. The molecule has 3 aromatic carbocycles. The van der Waals surface area contributed by atoms with Gasteiger partial charge < -0.3 is 14.8 Å². The van der Waals surface area contributed by atoms with Crippen molar-refractivity contribution in [1.82, 2.24) is 5.43 Å². The maximum Gasteiger partial charge on any atom is 0.345 e. The number of carbonyl (C=O) groups excluding carboxylic acids is 3. The summed E-state index contributed by atoms with van der Waals surface area (Å²) in [4.78, 5) is 36.4. The van der Waals surface area contributed by atoms with Crippen LogP contribution in [-0.4, -0.2) is 30.6 Å². The van der Waals surface area contributed by atoms with Crippen LogP contribution in [0.3, 0.4) is 0 Å². The van der Waals surface area contributed by atoms with Crippen molar-refractivity contribution in [3.05, 3.63) is 87.9 Å². The standard InChI is InChI=1S/C24H19Cl2N3O5/c1-2-33-21-12-15(14-27-29-23(31)22(30)28-17-6-4-3-5-7-17)8-11-20(21)34-24(32)18-10-9-16(25)13-19(18)26/h3-14H,2H2,1H3,(H,28,30)(H,29,31)/b27-14-. The quantitative estimate of drug-likeness (QED) is 0.161. The fraction of sp³-hybridized carbons (Fsp3) is 0.0833. The van der Waals surface area contributed by atoms with Crippen LogP contribution in [0.4, 0.5) is 5.69 Å². The van der Waals surface area contributed by atoms with E-state index in [-0.39, 0.29) is 22.1 Å². The van der Waals surface area contributed by atoms with Crippen molar-refractivity contribution in [3.8, 4) is 11.5 Å². The highest BCUT2D eigenvalue weighted by molar-refractivity contribution is 6.39. The minimum absolute atomic E-state index is 0.149. The highest BCUT2D eigenvalue weighted by Crippen LogP contribution is 2.30. The van der Waals surface area contributed by atoms with Crippen LogP contribution in [0.15, 0.2) is 71.8 Å². The van der Waals surface area contributed by atoms with Crippen molar-refractivity contribution in [2.75, 3.05) is 11.9 Å². The van der Waals surface area contributed by atoms with Crippen molar-refractivity contribution >= 4 is 52.9 Å². The second kappa shape index (κ2) is 11.8. The largest absolute Gasteiger partial charge is 0.490 e. The van der Waals surface area contributed by atoms with Gasteiger partial charge >= 0.3 is 17.8 Å². The average Bonchev–Trinajstić information content (AvgIpc) is 2.81. The topological polar surface area (TPSA) is 106 Å². The Hall–Kier alpha value is -3.88. The first-order chi connectivity index (χ1) is 16.4. The predicted molar refractivity (Wildman–Crippen MR) is 130 cm³/mol. The molecule has 0 bridgehead atoms. The summed E-state index contributed by atoms with van der Waals surface area (Å²) >= 11 is 11.9. The van der Waals surface area contributed by atoms with Gasteiger partial charge in [0, 0.05) is 10.7 Å². The van der Waals surface area contributed by atoms with Gasteiger partial charge in [-0.3, -0.25) is 9.59 Å². The van der Waals surface area contributed by atoms with Crippen molar-refractivity contribution in [2.24, 2.45) is 5.10 Å². The first-order valence-corrected chi connectivity index (χ1v) is 10.8. The van der Waals surface area contributed by atoms with Gasteiger partial charge in [0.1, 0.15) is 0 Å². The van der Waals surface area contributed by atoms with Crippen molar-refractivity contribution in [3.63, 3.8) is 0 Å². The van der Waals surface area contributed by atoms with Crippen LogP contribution in [-0.2, 0) is 9.59 Å². The Morgan fingerprint density at radius 3 is 2.41 bits per heavy atom. The molecule has 3 aromatic rings. The zero-order valence-corrected chi connectivity index (χ0v) is 19.4. The molecule has 0 atom stereocenters. The molecule has 2 amide bonds. The number of amides is 2. The van der Waals surface area contributed by atoms with Crippen molar-refractivity contribution < 1.29 is 23.9 Å². The number of anilines is 1. The Morgan fingerprint density at radius 2 is 1.71 bits per heavy atom. The molecule has 8 nitrogen and oxygen atoms in total. The Bertz CT molecular complexity index is 1230. The zero-order valence-electron chi connectivity index (χ0n) is 17.9. The molecule has 10 heteroatoms. The van der Waals surface area contributed by atoms with Crippen LogP contribution in [0, 0.1) is 0 Å². The van der Waals surface area contributed by atoms with E-state index in [4.69, 9.17) is 32.7 Å². The molecule has 0 saturated carbocycles. The lowest BCUT2D eigenvalue weighted by Gasteiger charge is -2.12. The van der Waals surface area contributed by atoms with E-state index in [0.29, 0.717) is 22.9 Å². The van der Waals surface area contributed by atoms with E-state index in [2.05, 4.69) is 15.8 Å². The number of hydrogen-bond acceptors (Lipinski definition) is 6. The van der Waals surface area contributed by atoms with Gasteiger partial charge in [-0.1, -0.05) is 41.4 Å². The van der Waals surface area contributed by atoms with E-state index >= 15 is 0 Å². The summed E-state index contributed by atoms with van der Waals surface area (Å²) < 4.78 is 11.0. The molecule has 0 unspecified atom stereocenters. The number of carbonyl (C=O) groups is 3. The molecule has 34 heavy (non-hydrogen) atoms. The first-order valence-electron chi connectivity index (χ1n) is 10.0. The summed E-state index contributed by atoms with van der Waals surface area (Å²) in [6.45, 7) is 2.08. The third-order valence-corrected chi connectivity index (χ3v) is 4.79. The summed E-state index contributed by atoms with van der Waals surface area (Å²) in [5.74, 6) is -2.03. The van der Waals surface area contributed by atoms with Gasteiger partial charge in [0.25, 0.3) is 0 Å². The SMILES string of the molecule is CCOc1cc(/C=N\NC(=O)C(=O)Nc2ccccc2)ccc1OC(=O)c1ccc(Cl)cc1Cl. The molecule has 2 N–H and O–H groups in total. The van der Waals surface area contributed by atoms with Crippen LogP contribution in [0.2, 0.25) is 10.0 Å². The third-order valence-electron chi connectivity index (χ3n) is 4.24. The number of halogens is 2. The molecule has 0 radical (unpaired) electrons. The van der Waals surface area contributed by atoms with Gasteiger partial charge in [0.2, 0.25) is 0 Å². The molecule has 0 fully saturated rings. The Kier molecular flexibility index (Phi) is 8.61. The number of ether oxygens (including phenoxy) is 2. The fourth-order valence-corrected chi connectivity index (χ4v) is 3.18. The number of esters is 1. The van der Waals surface area contributed by atoms with Crippen LogP contribution in [0.5, 0.6) is 11.5 Å². The number of benzene rings is 3. The highest BCUT2D eigenvalue weighted by Gasteiger charge is 2.17. The molecule has 0 heterocycles. The first kappa shape index (κ1) is 24.8. The van der Waals surface area contributed by atoms with Gasteiger partial charge in [-0.05, 0) is 61.0 Å². The van der Waals surface area contributed by atoms with Gasteiger partial charge in [0.05, 0.1) is 23.4 Å². The molecule has 0 spiro atoms. The normalized spacial score (nSPS) is 10.6. The molecule has 0 aliphatic rings. The Morgan fingerprint density at radius 1 is 0.941 bits per heavy atom. The maximum atomic E-state index is 12.5. The Labute approximate surface area is 205 Å². The van der Waals surface area contributed by atoms with E-state index in [1.165, 1.54) is 30.5 Å². The summed E-state index contributed by atoms with van der Waals surface area (Å²) in [5.41, 5.74) is 3.31. The number of rotatable bonds is 7. The van der Waals surface area contributed by atoms with E-state index in [1.54, 1.807) is 49.4 Å².